The second-order valence-electron chi connectivity index (χ2n) is 6.06. The fraction of sp³-hybridized carbons (Fsp3) is 0.100. The van der Waals surface area contributed by atoms with Gasteiger partial charge in [0.1, 0.15) is 5.82 Å². The SMILES string of the molecule is Cc1cccc(NC(=O)c2ccc(S(=O)(=O)Nc3ccccc3C)cc2)n1. The molecule has 3 rings (SSSR count). The van der Waals surface area contributed by atoms with Gasteiger partial charge in [-0.25, -0.2) is 13.4 Å². The van der Waals surface area contributed by atoms with Crippen molar-refractivity contribution in [3.05, 3.63) is 83.6 Å². The van der Waals surface area contributed by atoms with E-state index in [1.807, 2.05) is 32.0 Å². The normalized spacial score (nSPS) is 11.0. The van der Waals surface area contributed by atoms with E-state index in [0.29, 0.717) is 17.1 Å². The quantitative estimate of drug-likeness (QED) is 0.704. The Labute approximate surface area is 158 Å². The van der Waals surface area contributed by atoms with Crippen molar-refractivity contribution in [1.82, 2.24) is 4.98 Å². The predicted molar refractivity (Wildman–Crippen MR) is 105 cm³/mol. The third-order valence-electron chi connectivity index (χ3n) is 3.95. The second-order valence-corrected chi connectivity index (χ2v) is 7.75. The van der Waals surface area contributed by atoms with Gasteiger partial charge in [0.15, 0.2) is 0 Å². The molecule has 27 heavy (non-hydrogen) atoms. The van der Waals surface area contributed by atoms with Crippen molar-refractivity contribution >= 4 is 27.4 Å². The maximum Gasteiger partial charge on any atom is 0.261 e. The highest BCUT2D eigenvalue weighted by Crippen LogP contribution is 2.20. The Bertz CT molecular complexity index is 1080. The number of pyridine rings is 1. The first-order chi connectivity index (χ1) is 12.8. The number of carbonyl (C=O) groups is 1. The van der Waals surface area contributed by atoms with E-state index in [0.717, 1.165) is 11.3 Å². The molecule has 0 saturated heterocycles. The van der Waals surface area contributed by atoms with Crippen molar-refractivity contribution in [1.29, 1.82) is 0 Å². The molecule has 138 valence electrons. The largest absolute Gasteiger partial charge is 0.307 e. The highest BCUT2D eigenvalue weighted by Gasteiger charge is 2.16. The van der Waals surface area contributed by atoms with E-state index in [1.165, 1.54) is 24.3 Å². The van der Waals surface area contributed by atoms with Crippen molar-refractivity contribution in [2.24, 2.45) is 0 Å². The van der Waals surface area contributed by atoms with Crippen LogP contribution in [0.15, 0.2) is 71.6 Å². The number of aromatic nitrogens is 1. The number of sulfonamides is 1. The van der Waals surface area contributed by atoms with Gasteiger partial charge in [0, 0.05) is 11.3 Å². The number of para-hydroxylation sites is 1. The van der Waals surface area contributed by atoms with E-state index in [-0.39, 0.29) is 10.8 Å². The average Bonchev–Trinajstić information content (AvgIpc) is 2.64. The van der Waals surface area contributed by atoms with Gasteiger partial charge in [0.2, 0.25) is 0 Å². The Balaban J connectivity index is 1.76. The van der Waals surface area contributed by atoms with Gasteiger partial charge >= 0.3 is 0 Å². The van der Waals surface area contributed by atoms with Gasteiger partial charge in [-0.2, -0.15) is 0 Å². The van der Waals surface area contributed by atoms with Crippen LogP contribution in [0.25, 0.3) is 0 Å². The van der Waals surface area contributed by atoms with Crippen molar-refractivity contribution in [2.75, 3.05) is 10.0 Å². The summed E-state index contributed by atoms with van der Waals surface area (Å²) in [7, 11) is -3.74. The number of carbonyl (C=O) groups excluding carboxylic acids is 1. The van der Waals surface area contributed by atoms with E-state index in [4.69, 9.17) is 0 Å². The zero-order valence-electron chi connectivity index (χ0n) is 14.9. The molecule has 6 nitrogen and oxygen atoms in total. The van der Waals surface area contributed by atoms with Crippen LogP contribution in [-0.2, 0) is 10.0 Å². The molecule has 0 aliphatic rings. The van der Waals surface area contributed by atoms with Gasteiger partial charge in [-0.15, -0.1) is 0 Å². The van der Waals surface area contributed by atoms with Crippen LogP contribution in [0.3, 0.4) is 0 Å². The summed E-state index contributed by atoms with van der Waals surface area (Å²) in [4.78, 5) is 16.6. The van der Waals surface area contributed by atoms with Gasteiger partial charge < -0.3 is 5.32 Å². The minimum absolute atomic E-state index is 0.0796. The highest BCUT2D eigenvalue weighted by molar-refractivity contribution is 7.92. The van der Waals surface area contributed by atoms with Crippen LogP contribution in [0, 0.1) is 13.8 Å². The first-order valence-corrected chi connectivity index (χ1v) is 9.77. The summed E-state index contributed by atoms with van der Waals surface area (Å²) in [6.07, 6.45) is 0. The summed E-state index contributed by atoms with van der Waals surface area (Å²) in [5.74, 6) is 0.0850. The lowest BCUT2D eigenvalue weighted by Crippen LogP contribution is -2.15. The van der Waals surface area contributed by atoms with Gasteiger partial charge in [-0.3, -0.25) is 9.52 Å². The first kappa shape index (κ1) is 18.6. The lowest BCUT2D eigenvalue weighted by atomic mass is 10.2. The summed E-state index contributed by atoms with van der Waals surface area (Å²) >= 11 is 0. The fourth-order valence-electron chi connectivity index (χ4n) is 2.48. The molecule has 0 bridgehead atoms. The number of benzene rings is 2. The summed E-state index contributed by atoms with van der Waals surface area (Å²) in [5.41, 5.74) is 2.47. The third-order valence-corrected chi connectivity index (χ3v) is 5.33. The zero-order chi connectivity index (χ0) is 19.4. The zero-order valence-corrected chi connectivity index (χ0v) is 15.7. The molecule has 1 aromatic heterocycles. The van der Waals surface area contributed by atoms with E-state index in [2.05, 4.69) is 15.0 Å². The van der Waals surface area contributed by atoms with Crippen molar-refractivity contribution in [3.8, 4) is 0 Å². The van der Waals surface area contributed by atoms with Crippen molar-refractivity contribution in [2.45, 2.75) is 18.7 Å². The Morgan fingerprint density at radius 3 is 2.26 bits per heavy atom. The van der Waals surface area contributed by atoms with Crippen LogP contribution >= 0.6 is 0 Å². The van der Waals surface area contributed by atoms with E-state index in [1.54, 1.807) is 24.3 Å². The monoisotopic (exact) mass is 381 g/mol. The lowest BCUT2D eigenvalue weighted by molar-refractivity contribution is 0.102. The summed E-state index contributed by atoms with van der Waals surface area (Å²) in [6.45, 7) is 3.65. The Hall–Kier alpha value is -3.19. The second kappa shape index (κ2) is 7.59. The molecule has 7 heteroatoms. The topological polar surface area (TPSA) is 88.2 Å². The van der Waals surface area contributed by atoms with Gasteiger partial charge in [-0.1, -0.05) is 24.3 Å². The molecule has 0 fully saturated rings. The average molecular weight is 381 g/mol. The van der Waals surface area contributed by atoms with Gasteiger partial charge in [0.05, 0.1) is 10.6 Å². The molecule has 2 N–H and O–H groups in total. The van der Waals surface area contributed by atoms with Gasteiger partial charge in [-0.05, 0) is 61.9 Å². The molecule has 0 aliphatic carbocycles. The fourth-order valence-corrected chi connectivity index (χ4v) is 3.61. The minimum atomic E-state index is -3.74. The highest BCUT2D eigenvalue weighted by atomic mass is 32.2. The maximum absolute atomic E-state index is 12.5. The standard InChI is InChI=1S/C20H19N3O3S/c1-14-6-3-4-8-18(14)23-27(25,26)17-12-10-16(11-13-17)20(24)22-19-9-5-7-15(2)21-19/h3-13,23H,1-2H3,(H,21,22,24). The molecule has 2 aromatic carbocycles. The minimum Gasteiger partial charge on any atom is -0.307 e. The number of amides is 1. The van der Waals surface area contributed by atoms with Crippen LogP contribution < -0.4 is 10.0 Å². The van der Waals surface area contributed by atoms with Gasteiger partial charge in [0.25, 0.3) is 15.9 Å². The van der Waals surface area contributed by atoms with Crippen LogP contribution in [-0.4, -0.2) is 19.3 Å². The molecule has 0 radical (unpaired) electrons. The van der Waals surface area contributed by atoms with Crippen molar-refractivity contribution in [3.63, 3.8) is 0 Å². The number of hydrogen-bond donors (Lipinski definition) is 2. The number of hydrogen-bond acceptors (Lipinski definition) is 4. The van der Waals surface area contributed by atoms with E-state index in [9.17, 15) is 13.2 Å². The van der Waals surface area contributed by atoms with Crippen molar-refractivity contribution < 1.29 is 13.2 Å². The Morgan fingerprint density at radius 2 is 1.59 bits per heavy atom. The first-order valence-electron chi connectivity index (χ1n) is 8.29. The third kappa shape index (κ3) is 4.51. The number of nitrogens with zero attached hydrogens (tertiary/aromatic N) is 1. The number of anilines is 2. The molecular weight excluding hydrogens is 362 g/mol. The molecular formula is C20H19N3O3S. The molecule has 0 aliphatic heterocycles. The number of nitrogens with one attached hydrogen (secondary N) is 2. The molecule has 0 saturated carbocycles. The van der Waals surface area contributed by atoms with Crippen LogP contribution in [0.5, 0.6) is 0 Å². The lowest BCUT2D eigenvalue weighted by Gasteiger charge is -2.11. The number of rotatable bonds is 5. The van der Waals surface area contributed by atoms with E-state index >= 15 is 0 Å². The maximum atomic E-state index is 12.5. The summed E-state index contributed by atoms with van der Waals surface area (Å²) in [5, 5.41) is 2.69. The summed E-state index contributed by atoms with van der Waals surface area (Å²) < 4.78 is 27.6. The molecule has 3 aromatic rings. The summed E-state index contributed by atoms with van der Waals surface area (Å²) in [6, 6.07) is 18.2. The molecule has 1 heterocycles. The smallest absolute Gasteiger partial charge is 0.261 e. The van der Waals surface area contributed by atoms with Crippen LogP contribution in [0.4, 0.5) is 11.5 Å². The van der Waals surface area contributed by atoms with Crippen LogP contribution in [0.2, 0.25) is 0 Å². The molecule has 0 atom stereocenters. The number of aryl methyl sites for hydroxylation is 2. The van der Waals surface area contributed by atoms with E-state index < -0.39 is 10.0 Å². The van der Waals surface area contributed by atoms with Crippen LogP contribution in [0.1, 0.15) is 21.6 Å². The Kier molecular flexibility index (Phi) is 5.23. The predicted octanol–water partition coefficient (Wildman–Crippen LogP) is 3.75. The molecule has 1 amide bonds. The molecule has 0 spiro atoms. The Morgan fingerprint density at radius 1 is 0.889 bits per heavy atom. The molecule has 0 unspecified atom stereocenters.